The van der Waals surface area contributed by atoms with Crippen molar-refractivity contribution in [2.75, 3.05) is 27.2 Å². The SMILES string of the molecule is Cc1cc(C(=O)N(C)C[C@@H]2CCCN(C)[C@H]2c2cnn(C)c2)nc(=O)[nH]1. The summed E-state index contributed by atoms with van der Waals surface area (Å²) in [6, 6.07) is 1.84. The van der Waals surface area contributed by atoms with E-state index < -0.39 is 5.69 Å². The topological polar surface area (TPSA) is 87.1 Å². The van der Waals surface area contributed by atoms with Crippen molar-refractivity contribution in [1.82, 2.24) is 29.5 Å². The molecule has 0 aliphatic carbocycles. The largest absolute Gasteiger partial charge is 0.345 e. The zero-order valence-corrected chi connectivity index (χ0v) is 15.8. The highest BCUT2D eigenvalue weighted by Gasteiger charge is 2.33. The van der Waals surface area contributed by atoms with Gasteiger partial charge in [-0.1, -0.05) is 0 Å². The Labute approximate surface area is 152 Å². The second kappa shape index (κ2) is 7.41. The molecule has 2 aromatic heterocycles. The van der Waals surface area contributed by atoms with Crippen molar-refractivity contribution >= 4 is 5.91 Å². The molecule has 0 spiro atoms. The lowest BCUT2D eigenvalue weighted by Gasteiger charge is -2.40. The number of amides is 1. The summed E-state index contributed by atoms with van der Waals surface area (Å²) in [5, 5.41) is 4.30. The van der Waals surface area contributed by atoms with E-state index in [2.05, 4.69) is 27.0 Å². The van der Waals surface area contributed by atoms with E-state index in [4.69, 9.17) is 0 Å². The lowest BCUT2D eigenvalue weighted by atomic mass is 9.85. The molecule has 0 unspecified atom stereocenters. The fourth-order valence-corrected chi connectivity index (χ4v) is 3.89. The van der Waals surface area contributed by atoms with Crippen LogP contribution >= 0.6 is 0 Å². The van der Waals surface area contributed by atoms with E-state index in [1.54, 1.807) is 24.9 Å². The Morgan fingerprint density at radius 3 is 2.85 bits per heavy atom. The van der Waals surface area contributed by atoms with Crippen molar-refractivity contribution < 1.29 is 4.79 Å². The number of aryl methyl sites for hydroxylation is 2. The third-order valence-corrected chi connectivity index (χ3v) is 5.03. The summed E-state index contributed by atoms with van der Waals surface area (Å²) in [5.41, 5.74) is 1.50. The normalized spacial score (nSPS) is 20.9. The standard InChI is InChI=1S/C18H26N6O2/c1-12-8-15(21-18(26)20-12)17(25)23(3)10-13-6-5-7-22(2)16(13)14-9-19-24(4)11-14/h8-9,11,13,16H,5-7,10H2,1-4H3,(H,20,21,26)/t13-,16+/m0/s1. The zero-order valence-electron chi connectivity index (χ0n) is 15.8. The van der Waals surface area contributed by atoms with Crippen LogP contribution < -0.4 is 5.69 Å². The summed E-state index contributed by atoms with van der Waals surface area (Å²) in [4.78, 5) is 34.7. The highest BCUT2D eigenvalue weighted by Crippen LogP contribution is 2.35. The van der Waals surface area contributed by atoms with Crippen molar-refractivity contribution in [3.8, 4) is 0 Å². The molecule has 0 aromatic carbocycles. The van der Waals surface area contributed by atoms with Gasteiger partial charge < -0.3 is 9.88 Å². The van der Waals surface area contributed by atoms with Crippen LogP contribution in [0.5, 0.6) is 0 Å². The minimum absolute atomic E-state index is 0.191. The van der Waals surface area contributed by atoms with Crippen molar-refractivity contribution in [3.63, 3.8) is 0 Å². The molecule has 0 bridgehead atoms. The van der Waals surface area contributed by atoms with Gasteiger partial charge in [-0.3, -0.25) is 14.4 Å². The lowest BCUT2D eigenvalue weighted by Crippen LogP contribution is -2.42. The molecule has 1 aliphatic rings. The minimum Gasteiger partial charge on any atom is -0.340 e. The van der Waals surface area contributed by atoms with Gasteiger partial charge in [-0.25, -0.2) is 4.79 Å². The third-order valence-electron chi connectivity index (χ3n) is 5.03. The van der Waals surface area contributed by atoms with Gasteiger partial charge in [-0.05, 0) is 45.3 Å². The lowest BCUT2D eigenvalue weighted by molar-refractivity contribution is 0.0640. The van der Waals surface area contributed by atoms with Crippen molar-refractivity contribution in [3.05, 3.63) is 45.9 Å². The number of nitrogens with zero attached hydrogens (tertiary/aromatic N) is 5. The second-order valence-corrected chi connectivity index (χ2v) is 7.22. The molecule has 1 N–H and O–H groups in total. The Hall–Kier alpha value is -2.48. The molecule has 8 nitrogen and oxygen atoms in total. The Morgan fingerprint density at radius 2 is 2.19 bits per heavy atom. The average molecular weight is 358 g/mol. The van der Waals surface area contributed by atoms with E-state index in [1.807, 2.05) is 24.1 Å². The molecular formula is C18H26N6O2. The van der Waals surface area contributed by atoms with Crippen molar-refractivity contribution in [1.29, 1.82) is 0 Å². The van der Waals surface area contributed by atoms with Gasteiger partial charge in [0.1, 0.15) is 5.69 Å². The van der Waals surface area contributed by atoms with Gasteiger partial charge in [-0.15, -0.1) is 0 Å². The van der Waals surface area contributed by atoms with Crippen LogP contribution in [0.25, 0.3) is 0 Å². The molecule has 2 aromatic rings. The van der Waals surface area contributed by atoms with Crippen LogP contribution in [0.15, 0.2) is 23.3 Å². The number of carbonyl (C=O) groups is 1. The first-order chi connectivity index (χ1) is 12.3. The van der Waals surface area contributed by atoms with E-state index in [1.165, 1.54) is 5.56 Å². The van der Waals surface area contributed by atoms with Crippen molar-refractivity contribution in [2.45, 2.75) is 25.8 Å². The van der Waals surface area contributed by atoms with E-state index in [-0.39, 0.29) is 17.6 Å². The second-order valence-electron chi connectivity index (χ2n) is 7.22. The van der Waals surface area contributed by atoms with E-state index in [9.17, 15) is 9.59 Å². The number of hydrogen-bond donors (Lipinski definition) is 1. The fourth-order valence-electron chi connectivity index (χ4n) is 3.89. The molecule has 140 valence electrons. The molecule has 8 heteroatoms. The molecule has 1 amide bonds. The van der Waals surface area contributed by atoms with Gasteiger partial charge in [0.05, 0.1) is 6.20 Å². The molecule has 1 saturated heterocycles. The van der Waals surface area contributed by atoms with Crippen LogP contribution in [0.2, 0.25) is 0 Å². The third kappa shape index (κ3) is 3.85. The summed E-state index contributed by atoms with van der Waals surface area (Å²) in [7, 11) is 5.81. The maximum absolute atomic E-state index is 12.7. The van der Waals surface area contributed by atoms with Crippen LogP contribution in [0, 0.1) is 12.8 Å². The van der Waals surface area contributed by atoms with Gasteiger partial charge in [0.15, 0.2) is 0 Å². The van der Waals surface area contributed by atoms with Crippen LogP contribution in [-0.4, -0.2) is 62.6 Å². The van der Waals surface area contributed by atoms with Crippen molar-refractivity contribution in [2.24, 2.45) is 13.0 Å². The Bertz CT molecular complexity index is 842. The molecule has 0 radical (unpaired) electrons. The molecule has 1 aliphatic heterocycles. The molecule has 2 atom stereocenters. The molecule has 0 saturated carbocycles. The zero-order chi connectivity index (χ0) is 18.8. The van der Waals surface area contributed by atoms with E-state index in [0.29, 0.717) is 18.2 Å². The van der Waals surface area contributed by atoms with Gasteiger partial charge >= 0.3 is 5.69 Å². The maximum atomic E-state index is 12.7. The summed E-state index contributed by atoms with van der Waals surface area (Å²) in [6.07, 6.45) is 6.09. The van der Waals surface area contributed by atoms with E-state index in [0.717, 1.165) is 19.4 Å². The highest BCUT2D eigenvalue weighted by atomic mass is 16.2. The van der Waals surface area contributed by atoms with Crippen LogP contribution in [0.4, 0.5) is 0 Å². The van der Waals surface area contributed by atoms with Crippen LogP contribution in [0.1, 0.15) is 40.6 Å². The van der Waals surface area contributed by atoms with Gasteiger partial charge in [0.2, 0.25) is 0 Å². The molecule has 26 heavy (non-hydrogen) atoms. The van der Waals surface area contributed by atoms with Crippen LogP contribution in [-0.2, 0) is 7.05 Å². The number of carbonyl (C=O) groups excluding carboxylic acids is 1. The predicted molar refractivity (Wildman–Crippen MR) is 97.9 cm³/mol. The first kappa shape index (κ1) is 18.3. The number of aromatic nitrogens is 4. The number of nitrogens with one attached hydrogen (secondary N) is 1. The number of hydrogen-bond acceptors (Lipinski definition) is 5. The number of aromatic amines is 1. The van der Waals surface area contributed by atoms with Gasteiger partial charge in [0.25, 0.3) is 5.91 Å². The predicted octanol–water partition coefficient (Wildman–Crippen LogP) is 0.967. The number of likely N-dealkylation sites (tertiary alicyclic amines) is 1. The highest BCUT2D eigenvalue weighted by molar-refractivity contribution is 5.92. The summed E-state index contributed by atoms with van der Waals surface area (Å²) < 4.78 is 1.81. The number of H-pyrrole nitrogens is 1. The molecule has 3 heterocycles. The Balaban J connectivity index is 1.78. The van der Waals surface area contributed by atoms with Gasteiger partial charge in [-0.2, -0.15) is 10.1 Å². The summed E-state index contributed by atoms with van der Waals surface area (Å²) in [6.45, 7) is 3.38. The summed E-state index contributed by atoms with van der Waals surface area (Å²) in [5.74, 6) is 0.0763. The number of rotatable bonds is 4. The molecule has 3 rings (SSSR count). The first-order valence-corrected chi connectivity index (χ1v) is 8.87. The first-order valence-electron chi connectivity index (χ1n) is 8.87. The Kier molecular flexibility index (Phi) is 5.22. The minimum atomic E-state index is -0.493. The average Bonchev–Trinajstić information content (AvgIpc) is 2.99. The maximum Gasteiger partial charge on any atom is 0.345 e. The van der Waals surface area contributed by atoms with Crippen LogP contribution in [0.3, 0.4) is 0 Å². The molecular weight excluding hydrogens is 332 g/mol. The van der Waals surface area contributed by atoms with Gasteiger partial charge in [0, 0.05) is 44.1 Å². The quantitative estimate of drug-likeness (QED) is 0.880. The fraction of sp³-hybridized carbons (Fsp3) is 0.556. The van der Waals surface area contributed by atoms with E-state index >= 15 is 0 Å². The Morgan fingerprint density at radius 1 is 1.42 bits per heavy atom. The summed E-state index contributed by atoms with van der Waals surface area (Å²) >= 11 is 0. The number of piperidine rings is 1. The smallest absolute Gasteiger partial charge is 0.340 e. The monoisotopic (exact) mass is 358 g/mol. The molecule has 1 fully saturated rings.